The van der Waals surface area contributed by atoms with Crippen LogP contribution in [0.4, 0.5) is 34.1 Å². The first-order valence-electron chi connectivity index (χ1n) is 20.2. The average Bonchev–Trinajstić information content (AvgIpc) is 3.62. The molecule has 0 bridgehead atoms. The topological polar surface area (TPSA) is 47.3 Å². The molecule has 0 N–H and O–H groups in total. The lowest BCUT2D eigenvalue weighted by Crippen LogP contribution is -2.23. The number of ether oxygens (including phenoxy) is 3. The Morgan fingerprint density at radius 1 is 0.525 bits per heavy atom. The van der Waals surface area contributed by atoms with Crippen LogP contribution < -0.4 is 24.0 Å². The maximum Gasteiger partial charge on any atom is 0.177 e. The second-order valence-electron chi connectivity index (χ2n) is 16.0. The van der Waals surface area contributed by atoms with Crippen LogP contribution in [0, 0.1) is 0 Å². The van der Waals surface area contributed by atoms with E-state index in [2.05, 4.69) is 145 Å². The first kappa shape index (κ1) is 33.7. The summed E-state index contributed by atoms with van der Waals surface area (Å²) in [5.41, 5.74) is 12.1. The summed E-state index contributed by atoms with van der Waals surface area (Å²) in [5.74, 6) is 5.33. The minimum absolute atomic E-state index is 0.472. The molecule has 8 aromatic rings. The van der Waals surface area contributed by atoms with Crippen molar-refractivity contribution in [1.82, 2.24) is 0 Å². The molecular formula is C53H38N2O4. The minimum Gasteiger partial charge on any atom is -0.456 e. The zero-order chi connectivity index (χ0) is 39.2. The van der Waals surface area contributed by atoms with Crippen LogP contribution in [0.5, 0.6) is 34.5 Å². The molecule has 0 amide bonds. The van der Waals surface area contributed by atoms with Crippen LogP contribution in [0.15, 0.2) is 156 Å². The van der Waals surface area contributed by atoms with Gasteiger partial charge in [-0.25, -0.2) is 0 Å². The van der Waals surface area contributed by atoms with Crippen LogP contribution >= 0.6 is 0 Å². The van der Waals surface area contributed by atoms with Crippen molar-refractivity contribution in [3.05, 3.63) is 185 Å². The van der Waals surface area contributed by atoms with E-state index in [1.807, 2.05) is 48.5 Å². The summed E-state index contributed by atoms with van der Waals surface area (Å²) in [5, 5.41) is 1.12. The van der Waals surface area contributed by atoms with Gasteiger partial charge in [-0.05, 0) is 103 Å². The molecule has 0 radical (unpaired) electrons. The highest BCUT2D eigenvalue weighted by molar-refractivity contribution is 6.08. The summed E-state index contributed by atoms with van der Waals surface area (Å²) >= 11 is 0. The third kappa shape index (κ3) is 5.12. The van der Waals surface area contributed by atoms with Gasteiger partial charge in [0.05, 0.1) is 17.1 Å². The smallest absolute Gasteiger partial charge is 0.177 e. The van der Waals surface area contributed by atoms with E-state index in [1.54, 1.807) is 0 Å². The third-order valence-corrected chi connectivity index (χ3v) is 12.2. The van der Waals surface area contributed by atoms with Crippen molar-refractivity contribution < 1.29 is 18.6 Å². The molecule has 7 aromatic carbocycles. The molecule has 4 aliphatic rings. The second-order valence-corrected chi connectivity index (χ2v) is 16.0. The van der Waals surface area contributed by atoms with E-state index in [9.17, 15) is 0 Å². The zero-order valence-electron chi connectivity index (χ0n) is 32.6. The van der Waals surface area contributed by atoms with Crippen molar-refractivity contribution in [2.45, 2.75) is 32.1 Å². The predicted octanol–water partition coefficient (Wildman–Crippen LogP) is 15.1. The van der Waals surface area contributed by atoms with E-state index in [0.717, 1.165) is 103 Å². The quantitative estimate of drug-likeness (QED) is 0.178. The number of allylic oxidation sites excluding steroid dienone is 1. The van der Waals surface area contributed by atoms with Crippen LogP contribution in [0.25, 0.3) is 29.2 Å². The molecule has 0 saturated heterocycles. The normalized spacial score (nSPS) is 14.8. The molecule has 3 heterocycles. The van der Waals surface area contributed by atoms with Crippen LogP contribution in [-0.2, 0) is 11.8 Å². The van der Waals surface area contributed by atoms with Gasteiger partial charge in [0.1, 0.15) is 11.3 Å². The lowest BCUT2D eigenvalue weighted by atomic mass is 9.74. The zero-order valence-corrected chi connectivity index (χ0v) is 32.6. The fourth-order valence-corrected chi connectivity index (χ4v) is 9.39. The lowest BCUT2D eigenvalue weighted by Gasteiger charge is -2.36. The molecule has 59 heavy (non-hydrogen) atoms. The molecule has 6 nitrogen and oxygen atoms in total. The Balaban J connectivity index is 1.08. The number of hydrogen-bond acceptors (Lipinski definition) is 6. The summed E-state index contributed by atoms with van der Waals surface area (Å²) in [4.78, 5) is 4.66. The molecule has 6 heteroatoms. The Bertz CT molecular complexity index is 3030. The highest BCUT2D eigenvalue weighted by Crippen LogP contribution is 2.58. The molecule has 2 aliphatic heterocycles. The van der Waals surface area contributed by atoms with Gasteiger partial charge in [0, 0.05) is 50.6 Å². The number of fused-ring (bicyclic) bond motifs is 11. The number of hydrogen-bond donors (Lipinski definition) is 0. The van der Waals surface area contributed by atoms with Crippen molar-refractivity contribution in [2.24, 2.45) is 0 Å². The summed E-state index contributed by atoms with van der Waals surface area (Å²) in [7, 11) is 0. The van der Waals surface area contributed by atoms with Crippen molar-refractivity contribution in [3.63, 3.8) is 0 Å². The van der Waals surface area contributed by atoms with Gasteiger partial charge >= 0.3 is 0 Å². The van der Waals surface area contributed by atoms with Crippen molar-refractivity contribution >= 4 is 63.3 Å². The average molecular weight is 767 g/mol. The van der Waals surface area contributed by atoms with Crippen molar-refractivity contribution in [3.8, 4) is 34.5 Å². The van der Waals surface area contributed by atoms with Crippen LogP contribution in [0.2, 0.25) is 0 Å². The first-order chi connectivity index (χ1) is 29.0. The number of furan rings is 1. The highest BCUT2D eigenvalue weighted by Gasteiger charge is 2.38. The van der Waals surface area contributed by atoms with E-state index < -0.39 is 5.41 Å². The Labute approximate surface area is 342 Å². The van der Waals surface area contributed by atoms with Crippen molar-refractivity contribution in [1.29, 1.82) is 0 Å². The van der Waals surface area contributed by atoms with Gasteiger partial charge < -0.3 is 28.4 Å². The molecule has 1 aromatic heterocycles. The van der Waals surface area contributed by atoms with Crippen LogP contribution in [0.3, 0.4) is 0 Å². The van der Waals surface area contributed by atoms with Crippen molar-refractivity contribution in [2.75, 3.05) is 9.80 Å². The minimum atomic E-state index is -0.472. The predicted molar refractivity (Wildman–Crippen MR) is 237 cm³/mol. The maximum absolute atomic E-state index is 6.99. The SMILES string of the molecule is CC1(C)c2ccc3c(c2C=Cc2c1cc(N1c4ccccc4Oc4cc(N(c5ccccc5)c5ccccc5)ccc41)c1c4c(oc21)C=CCC4)Oc1ccccc1O3. The molecule has 0 atom stereocenters. The standard InChI is InChI=1S/C53H38N2O4/c1-53(2)39-28-30-48-51(59-47-24-14-13-23-46(47)57-48)36(39)26-27-37-40(53)32-43(50-38-19-9-11-21-44(38)58-52(37)50)55-41-20-10-12-22-45(41)56-49-31-35(25-29-42(49)55)54(33-15-5-3-6-16-33)34-17-7-4-8-18-34/h3-8,10-18,20-32H,9,19H2,1-2H3. The fraction of sp³-hybridized carbons (Fsp3) is 0.0943. The second kappa shape index (κ2) is 12.8. The Kier molecular flexibility index (Phi) is 7.30. The van der Waals surface area contributed by atoms with Gasteiger partial charge in [-0.1, -0.05) is 98.8 Å². The molecule has 2 aliphatic carbocycles. The molecule has 0 unspecified atom stereocenters. The van der Waals surface area contributed by atoms with E-state index in [4.69, 9.17) is 18.6 Å². The summed E-state index contributed by atoms with van der Waals surface area (Å²) in [6.07, 6.45) is 10.6. The number of nitrogens with zero attached hydrogens (tertiary/aromatic N) is 2. The van der Waals surface area contributed by atoms with Crippen LogP contribution in [-0.4, -0.2) is 0 Å². The molecule has 284 valence electrons. The van der Waals surface area contributed by atoms with E-state index >= 15 is 0 Å². The first-order valence-corrected chi connectivity index (χ1v) is 20.2. The van der Waals surface area contributed by atoms with Gasteiger partial charge in [0.2, 0.25) is 0 Å². The van der Waals surface area contributed by atoms with E-state index in [0.29, 0.717) is 17.2 Å². The van der Waals surface area contributed by atoms with Gasteiger partial charge in [-0.3, -0.25) is 0 Å². The molecule has 0 saturated carbocycles. The number of aryl methyl sites for hydroxylation is 1. The summed E-state index contributed by atoms with van der Waals surface area (Å²) < 4.78 is 26.9. The third-order valence-electron chi connectivity index (χ3n) is 12.2. The lowest BCUT2D eigenvalue weighted by molar-refractivity contribution is 0.358. The number of rotatable bonds is 4. The van der Waals surface area contributed by atoms with Gasteiger partial charge in [-0.15, -0.1) is 0 Å². The number of anilines is 6. The van der Waals surface area contributed by atoms with Gasteiger partial charge in [0.15, 0.2) is 34.5 Å². The molecule has 0 spiro atoms. The number of para-hydroxylation sites is 6. The monoisotopic (exact) mass is 766 g/mol. The Morgan fingerprint density at radius 3 is 1.97 bits per heavy atom. The largest absolute Gasteiger partial charge is 0.456 e. The van der Waals surface area contributed by atoms with Crippen LogP contribution in [0.1, 0.15) is 53.8 Å². The molecular weight excluding hydrogens is 729 g/mol. The van der Waals surface area contributed by atoms with Gasteiger partial charge in [-0.2, -0.15) is 0 Å². The number of benzene rings is 7. The maximum atomic E-state index is 6.99. The summed E-state index contributed by atoms with van der Waals surface area (Å²) in [6.45, 7) is 4.60. The van der Waals surface area contributed by atoms with E-state index in [1.165, 1.54) is 5.56 Å². The fourth-order valence-electron chi connectivity index (χ4n) is 9.39. The Morgan fingerprint density at radius 2 is 1.19 bits per heavy atom. The van der Waals surface area contributed by atoms with Gasteiger partial charge in [0.25, 0.3) is 0 Å². The molecule has 0 fully saturated rings. The molecule has 12 rings (SSSR count). The Hall–Kier alpha value is -7.44. The summed E-state index contributed by atoms with van der Waals surface area (Å²) in [6, 6.07) is 50.3. The highest BCUT2D eigenvalue weighted by atomic mass is 16.6. The van der Waals surface area contributed by atoms with E-state index in [-0.39, 0.29) is 0 Å².